The summed E-state index contributed by atoms with van der Waals surface area (Å²) in [6.07, 6.45) is 2.00. The van der Waals surface area contributed by atoms with Gasteiger partial charge in [0.05, 0.1) is 22.7 Å². The van der Waals surface area contributed by atoms with Gasteiger partial charge in [0.1, 0.15) is 17.2 Å². The van der Waals surface area contributed by atoms with Gasteiger partial charge in [0.25, 0.3) is 5.91 Å². The smallest absolute Gasteiger partial charge is 0.306 e. The number of carboxylic acids is 1. The number of halogens is 2. The molecule has 1 heterocycles. The number of hydrogen-bond donors (Lipinski definition) is 4. The van der Waals surface area contributed by atoms with E-state index >= 15 is 0 Å². The standard InChI is InChI=1S/C21H24ClFN4O4/c1-27-19(24)17(20(30)25-13-2-3-15(23)14(22)6-13)18(26-27)10-4-11-7-21(31,9-16(28)29)8-12(11)5-10/h2-3,6,10-12,31H,4-5,7-9,24H2,1H3,(H,25,30)(H,28,29)/t10?,11-,12?,21?/m1/s1. The molecule has 0 bridgehead atoms. The SMILES string of the molecule is Cn1nc(C2CC3CC(O)(CC(=O)O)C[C@H]3C2)c(C(=O)Nc2ccc(F)c(Cl)c2)c1N. The van der Waals surface area contributed by atoms with E-state index in [4.69, 9.17) is 22.4 Å². The summed E-state index contributed by atoms with van der Waals surface area (Å²) in [5.41, 5.74) is 6.17. The minimum atomic E-state index is -1.17. The molecular weight excluding hydrogens is 427 g/mol. The van der Waals surface area contributed by atoms with Crippen molar-refractivity contribution in [3.63, 3.8) is 0 Å². The third-order valence-corrected chi connectivity index (χ3v) is 6.81. The van der Waals surface area contributed by atoms with Crippen LogP contribution in [0.25, 0.3) is 0 Å². The quantitative estimate of drug-likeness (QED) is 0.553. The van der Waals surface area contributed by atoms with E-state index in [1.54, 1.807) is 7.05 Å². The highest BCUT2D eigenvalue weighted by Crippen LogP contribution is 2.55. The molecule has 5 N–H and O–H groups in total. The van der Waals surface area contributed by atoms with Crippen molar-refractivity contribution in [3.8, 4) is 0 Å². The number of anilines is 2. The van der Waals surface area contributed by atoms with Gasteiger partial charge in [0.15, 0.2) is 0 Å². The lowest BCUT2D eigenvalue weighted by Crippen LogP contribution is -2.29. The molecule has 3 unspecified atom stereocenters. The van der Waals surface area contributed by atoms with Crippen molar-refractivity contribution in [2.24, 2.45) is 18.9 Å². The first kappa shape index (κ1) is 21.6. The van der Waals surface area contributed by atoms with Crippen molar-refractivity contribution >= 4 is 35.0 Å². The fourth-order valence-corrected chi connectivity index (χ4v) is 5.45. The van der Waals surface area contributed by atoms with Crippen LogP contribution in [0.4, 0.5) is 15.9 Å². The van der Waals surface area contributed by atoms with Gasteiger partial charge in [-0.2, -0.15) is 5.10 Å². The molecule has 31 heavy (non-hydrogen) atoms. The molecule has 0 spiro atoms. The summed E-state index contributed by atoms with van der Waals surface area (Å²) in [7, 11) is 1.66. The summed E-state index contributed by atoms with van der Waals surface area (Å²) in [6.45, 7) is 0. The van der Waals surface area contributed by atoms with Crippen molar-refractivity contribution in [1.82, 2.24) is 9.78 Å². The first-order valence-electron chi connectivity index (χ1n) is 10.1. The van der Waals surface area contributed by atoms with Gasteiger partial charge in [-0.15, -0.1) is 0 Å². The van der Waals surface area contributed by atoms with Gasteiger partial charge >= 0.3 is 5.97 Å². The molecule has 2 aromatic rings. The molecule has 1 aromatic carbocycles. The zero-order chi connectivity index (χ0) is 22.5. The van der Waals surface area contributed by atoms with Crippen LogP contribution < -0.4 is 11.1 Å². The Balaban J connectivity index is 1.53. The Hall–Kier alpha value is -2.65. The number of aliphatic carboxylic acids is 1. The predicted molar refractivity (Wildman–Crippen MR) is 112 cm³/mol. The average Bonchev–Trinajstić information content (AvgIpc) is 3.27. The second kappa shape index (κ2) is 7.80. The number of nitrogen functional groups attached to an aromatic ring is 1. The molecule has 166 valence electrons. The molecule has 4 rings (SSSR count). The summed E-state index contributed by atoms with van der Waals surface area (Å²) < 4.78 is 14.9. The van der Waals surface area contributed by atoms with Crippen molar-refractivity contribution < 1.29 is 24.2 Å². The minimum absolute atomic E-state index is 0.0227. The van der Waals surface area contributed by atoms with Crippen LogP contribution in [-0.4, -0.2) is 37.5 Å². The summed E-state index contributed by atoms with van der Waals surface area (Å²) in [4.78, 5) is 24.1. The van der Waals surface area contributed by atoms with Gasteiger partial charge < -0.3 is 21.3 Å². The highest BCUT2D eigenvalue weighted by molar-refractivity contribution is 6.31. The molecule has 10 heteroatoms. The highest BCUT2D eigenvalue weighted by atomic mass is 35.5. The van der Waals surface area contributed by atoms with Gasteiger partial charge in [-0.25, -0.2) is 4.39 Å². The number of nitrogens with two attached hydrogens (primary N) is 1. The van der Waals surface area contributed by atoms with Crippen LogP contribution in [0.1, 0.15) is 54.1 Å². The molecule has 0 saturated heterocycles. The largest absolute Gasteiger partial charge is 0.481 e. The van der Waals surface area contributed by atoms with E-state index < -0.39 is 23.3 Å². The number of carbonyl (C=O) groups is 2. The molecule has 2 aliphatic carbocycles. The van der Waals surface area contributed by atoms with E-state index in [1.807, 2.05) is 0 Å². The molecule has 1 amide bonds. The maximum atomic E-state index is 13.4. The van der Waals surface area contributed by atoms with Crippen LogP contribution >= 0.6 is 11.6 Å². The topological polar surface area (TPSA) is 130 Å². The summed E-state index contributed by atoms with van der Waals surface area (Å²) in [6, 6.07) is 3.90. The number of carbonyl (C=O) groups excluding carboxylic acids is 1. The average molecular weight is 451 g/mol. The van der Waals surface area contributed by atoms with Crippen molar-refractivity contribution in [1.29, 1.82) is 0 Å². The number of fused-ring (bicyclic) bond motifs is 1. The number of benzene rings is 1. The maximum absolute atomic E-state index is 13.4. The Morgan fingerprint density at radius 3 is 2.58 bits per heavy atom. The monoisotopic (exact) mass is 450 g/mol. The third-order valence-electron chi connectivity index (χ3n) is 6.52. The molecule has 2 fully saturated rings. The highest BCUT2D eigenvalue weighted by Gasteiger charge is 2.50. The summed E-state index contributed by atoms with van der Waals surface area (Å²) in [5, 5.41) is 26.7. The van der Waals surface area contributed by atoms with Crippen LogP contribution in [0.3, 0.4) is 0 Å². The first-order valence-corrected chi connectivity index (χ1v) is 10.5. The molecule has 2 saturated carbocycles. The van der Waals surface area contributed by atoms with E-state index in [-0.39, 0.29) is 40.6 Å². The number of carboxylic acid groups (broad SMARTS) is 1. The number of rotatable bonds is 5. The van der Waals surface area contributed by atoms with Crippen molar-refractivity contribution in [2.75, 3.05) is 11.1 Å². The normalized spacial score (nSPS) is 27.3. The van der Waals surface area contributed by atoms with Crippen molar-refractivity contribution in [2.45, 2.75) is 43.6 Å². The first-order chi connectivity index (χ1) is 14.6. The maximum Gasteiger partial charge on any atom is 0.306 e. The minimum Gasteiger partial charge on any atom is -0.481 e. The van der Waals surface area contributed by atoms with Crippen LogP contribution in [0.5, 0.6) is 0 Å². The fourth-order valence-electron chi connectivity index (χ4n) is 5.26. The van der Waals surface area contributed by atoms with E-state index in [0.717, 1.165) is 0 Å². The van der Waals surface area contributed by atoms with Crippen molar-refractivity contribution in [3.05, 3.63) is 40.3 Å². The number of amides is 1. The number of aliphatic hydroxyl groups is 1. The predicted octanol–water partition coefficient (Wildman–Crippen LogP) is 3.16. The van der Waals surface area contributed by atoms with Gasteiger partial charge in [0, 0.05) is 18.7 Å². The van der Waals surface area contributed by atoms with E-state index in [1.165, 1.54) is 22.9 Å². The lowest BCUT2D eigenvalue weighted by atomic mass is 9.90. The zero-order valence-electron chi connectivity index (χ0n) is 16.9. The third kappa shape index (κ3) is 4.12. The zero-order valence-corrected chi connectivity index (χ0v) is 17.7. The Morgan fingerprint density at radius 1 is 1.35 bits per heavy atom. The Labute approximate surface area is 183 Å². The summed E-state index contributed by atoms with van der Waals surface area (Å²) in [5.74, 6) is -1.50. The molecule has 1 aromatic heterocycles. The van der Waals surface area contributed by atoms with E-state index in [9.17, 15) is 19.1 Å². The lowest BCUT2D eigenvalue weighted by Gasteiger charge is -2.22. The van der Waals surface area contributed by atoms with E-state index in [0.29, 0.717) is 37.1 Å². The molecule has 2 aliphatic rings. The fraction of sp³-hybridized carbons (Fsp3) is 0.476. The van der Waals surface area contributed by atoms with E-state index in [2.05, 4.69) is 10.4 Å². The Morgan fingerprint density at radius 2 is 2.00 bits per heavy atom. The molecule has 0 aliphatic heterocycles. The van der Waals surface area contributed by atoms with Gasteiger partial charge in [-0.3, -0.25) is 14.3 Å². The number of nitrogens with one attached hydrogen (secondary N) is 1. The van der Waals surface area contributed by atoms with Gasteiger partial charge in [-0.05, 0) is 55.7 Å². The molecular formula is C21H24ClFN4O4. The van der Waals surface area contributed by atoms with Crippen LogP contribution in [0, 0.1) is 17.7 Å². The lowest BCUT2D eigenvalue weighted by molar-refractivity contribution is -0.142. The van der Waals surface area contributed by atoms with Crippen LogP contribution in [0.2, 0.25) is 5.02 Å². The van der Waals surface area contributed by atoms with Gasteiger partial charge in [-0.1, -0.05) is 11.6 Å². The van der Waals surface area contributed by atoms with Crippen LogP contribution in [-0.2, 0) is 11.8 Å². The Bertz CT molecular complexity index is 1040. The number of aryl methyl sites for hydroxylation is 1. The number of hydrogen-bond acceptors (Lipinski definition) is 5. The van der Waals surface area contributed by atoms with Crippen LogP contribution in [0.15, 0.2) is 18.2 Å². The summed E-state index contributed by atoms with van der Waals surface area (Å²) >= 11 is 5.80. The Kier molecular flexibility index (Phi) is 5.43. The number of nitrogens with zero attached hydrogens (tertiary/aromatic N) is 2. The second-order valence-corrected chi connectivity index (χ2v) is 9.15. The molecule has 4 atom stereocenters. The number of aromatic nitrogens is 2. The second-order valence-electron chi connectivity index (χ2n) is 8.74. The molecule has 8 nitrogen and oxygen atoms in total. The molecule has 0 radical (unpaired) electrons. The van der Waals surface area contributed by atoms with Gasteiger partial charge in [0.2, 0.25) is 0 Å².